The van der Waals surface area contributed by atoms with Gasteiger partial charge in [-0.3, -0.25) is 4.79 Å². The highest BCUT2D eigenvalue weighted by Crippen LogP contribution is 2.23. The van der Waals surface area contributed by atoms with Crippen molar-refractivity contribution in [3.63, 3.8) is 0 Å². The summed E-state index contributed by atoms with van der Waals surface area (Å²) in [7, 11) is 0. The fraction of sp³-hybridized carbons (Fsp3) is 0.462. The first-order chi connectivity index (χ1) is 7.80. The Balaban J connectivity index is 2.60. The van der Waals surface area contributed by atoms with Crippen LogP contribution in [0.25, 0.3) is 0 Å². The topological polar surface area (TPSA) is 49.3 Å². The molecule has 17 heavy (non-hydrogen) atoms. The molecule has 0 atom stereocenters. The molecule has 0 radical (unpaired) electrons. The van der Waals surface area contributed by atoms with E-state index >= 15 is 0 Å². The van der Waals surface area contributed by atoms with Crippen LogP contribution in [0.5, 0.6) is 0 Å². The number of benzene rings is 1. The van der Waals surface area contributed by atoms with Gasteiger partial charge in [-0.25, -0.2) is 0 Å². The van der Waals surface area contributed by atoms with Gasteiger partial charge in [-0.1, -0.05) is 29.8 Å². The molecule has 0 saturated heterocycles. The molecule has 4 heteroatoms. The summed E-state index contributed by atoms with van der Waals surface area (Å²) in [5.74, 6) is -0.760. The lowest BCUT2D eigenvalue weighted by Gasteiger charge is -2.23. The molecule has 94 valence electrons. The highest BCUT2D eigenvalue weighted by molar-refractivity contribution is 9.10. The van der Waals surface area contributed by atoms with Gasteiger partial charge in [0.2, 0.25) is 0 Å². The molecule has 2 N–H and O–H groups in total. The van der Waals surface area contributed by atoms with E-state index in [0.29, 0.717) is 6.54 Å². The van der Waals surface area contributed by atoms with Crippen molar-refractivity contribution >= 4 is 27.6 Å². The average molecular weight is 300 g/mol. The summed E-state index contributed by atoms with van der Waals surface area (Å²) in [5, 5.41) is 12.1. The molecular formula is C13H18BrNO2. The van der Waals surface area contributed by atoms with Gasteiger partial charge in [0.05, 0.1) is 6.42 Å². The van der Waals surface area contributed by atoms with Crippen molar-refractivity contribution in [3.05, 3.63) is 28.2 Å². The zero-order valence-corrected chi connectivity index (χ0v) is 12.0. The second-order valence-electron chi connectivity index (χ2n) is 5.05. The van der Waals surface area contributed by atoms with Crippen molar-refractivity contribution in [1.82, 2.24) is 0 Å². The van der Waals surface area contributed by atoms with Crippen LogP contribution in [0.3, 0.4) is 0 Å². The second-order valence-corrected chi connectivity index (χ2v) is 5.91. The van der Waals surface area contributed by atoms with Gasteiger partial charge in [0.1, 0.15) is 0 Å². The number of nitrogens with one attached hydrogen (secondary N) is 1. The van der Waals surface area contributed by atoms with Crippen molar-refractivity contribution in [3.8, 4) is 0 Å². The van der Waals surface area contributed by atoms with Crippen molar-refractivity contribution in [2.75, 3.05) is 11.9 Å². The lowest BCUT2D eigenvalue weighted by molar-refractivity contribution is -0.139. The molecule has 0 saturated carbocycles. The molecular weight excluding hydrogens is 282 g/mol. The molecule has 1 aromatic carbocycles. The molecule has 0 fully saturated rings. The Hall–Kier alpha value is -1.03. The Morgan fingerprint density at radius 1 is 1.47 bits per heavy atom. The molecule has 0 unspecified atom stereocenters. The van der Waals surface area contributed by atoms with Crippen LogP contribution in [-0.4, -0.2) is 17.6 Å². The summed E-state index contributed by atoms with van der Waals surface area (Å²) in [6.45, 7) is 6.55. The van der Waals surface area contributed by atoms with E-state index in [0.717, 1.165) is 15.7 Å². The van der Waals surface area contributed by atoms with Crippen molar-refractivity contribution in [1.29, 1.82) is 0 Å². The van der Waals surface area contributed by atoms with E-state index in [1.807, 2.05) is 39.0 Å². The number of hydrogen-bond donors (Lipinski definition) is 2. The van der Waals surface area contributed by atoms with Crippen LogP contribution in [-0.2, 0) is 4.79 Å². The monoisotopic (exact) mass is 299 g/mol. The van der Waals surface area contributed by atoms with Gasteiger partial charge in [-0.05, 0) is 36.1 Å². The SMILES string of the molecule is Cc1cc(NCC(C)(C)CC(=O)O)ccc1Br. The number of aryl methyl sites for hydroxylation is 1. The van der Waals surface area contributed by atoms with Crippen LogP contribution >= 0.6 is 15.9 Å². The Morgan fingerprint density at radius 3 is 2.65 bits per heavy atom. The number of halogens is 1. The Kier molecular flexibility index (Phi) is 4.57. The summed E-state index contributed by atoms with van der Waals surface area (Å²) in [5.41, 5.74) is 1.92. The number of rotatable bonds is 5. The highest BCUT2D eigenvalue weighted by atomic mass is 79.9. The first-order valence-electron chi connectivity index (χ1n) is 5.52. The smallest absolute Gasteiger partial charge is 0.303 e. The number of anilines is 1. The minimum absolute atomic E-state index is 0.162. The molecule has 0 aliphatic rings. The van der Waals surface area contributed by atoms with Gasteiger partial charge in [-0.2, -0.15) is 0 Å². The van der Waals surface area contributed by atoms with Crippen LogP contribution in [0, 0.1) is 12.3 Å². The molecule has 1 aromatic rings. The van der Waals surface area contributed by atoms with Gasteiger partial charge in [0.15, 0.2) is 0 Å². The number of carboxylic acids is 1. The molecule has 3 nitrogen and oxygen atoms in total. The molecule has 0 heterocycles. The molecule has 1 rings (SSSR count). The minimum Gasteiger partial charge on any atom is -0.481 e. The first kappa shape index (κ1) is 14.0. The van der Waals surface area contributed by atoms with E-state index in [-0.39, 0.29) is 11.8 Å². The van der Waals surface area contributed by atoms with Crippen molar-refractivity contribution < 1.29 is 9.90 Å². The Labute approximate surface area is 110 Å². The maximum atomic E-state index is 10.7. The lowest BCUT2D eigenvalue weighted by atomic mass is 9.89. The number of carbonyl (C=O) groups is 1. The third-order valence-corrected chi connectivity index (χ3v) is 3.45. The van der Waals surface area contributed by atoms with Gasteiger partial charge in [0.25, 0.3) is 0 Å². The van der Waals surface area contributed by atoms with Crippen LogP contribution in [0.4, 0.5) is 5.69 Å². The second kappa shape index (κ2) is 5.54. The largest absolute Gasteiger partial charge is 0.481 e. The zero-order chi connectivity index (χ0) is 13.1. The third-order valence-electron chi connectivity index (χ3n) is 2.56. The fourth-order valence-corrected chi connectivity index (χ4v) is 1.81. The summed E-state index contributed by atoms with van der Waals surface area (Å²) in [6.07, 6.45) is 0.162. The van der Waals surface area contributed by atoms with E-state index in [2.05, 4.69) is 21.2 Å². The minimum atomic E-state index is -0.760. The maximum Gasteiger partial charge on any atom is 0.303 e. The standard InChI is InChI=1S/C13H18BrNO2/c1-9-6-10(4-5-11(9)14)15-8-13(2,3)7-12(16)17/h4-6,15H,7-8H2,1-3H3,(H,16,17). The van der Waals surface area contributed by atoms with E-state index in [9.17, 15) is 4.79 Å². The molecule has 0 aliphatic heterocycles. The maximum absolute atomic E-state index is 10.7. The van der Waals surface area contributed by atoms with E-state index < -0.39 is 5.97 Å². The lowest BCUT2D eigenvalue weighted by Crippen LogP contribution is -2.26. The van der Waals surface area contributed by atoms with Crippen LogP contribution in [0.2, 0.25) is 0 Å². The molecule has 0 aromatic heterocycles. The Bertz CT molecular complexity index is 416. The third kappa shape index (κ3) is 4.77. The molecule has 0 aliphatic carbocycles. The van der Waals surface area contributed by atoms with Crippen LogP contribution in [0.1, 0.15) is 25.8 Å². The Morgan fingerprint density at radius 2 is 2.12 bits per heavy atom. The van der Waals surface area contributed by atoms with Crippen LogP contribution in [0.15, 0.2) is 22.7 Å². The zero-order valence-electron chi connectivity index (χ0n) is 10.4. The van der Waals surface area contributed by atoms with E-state index in [1.165, 1.54) is 0 Å². The predicted molar refractivity (Wildman–Crippen MR) is 73.4 cm³/mol. The normalized spacial score (nSPS) is 11.3. The van der Waals surface area contributed by atoms with Crippen LogP contribution < -0.4 is 5.32 Å². The number of carboxylic acid groups (broad SMARTS) is 1. The summed E-state index contributed by atoms with van der Waals surface area (Å²) >= 11 is 3.45. The summed E-state index contributed by atoms with van der Waals surface area (Å²) < 4.78 is 1.08. The van der Waals surface area contributed by atoms with Gasteiger partial charge >= 0.3 is 5.97 Å². The van der Waals surface area contributed by atoms with Gasteiger partial charge in [0, 0.05) is 16.7 Å². The predicted octanol–water partition coefficient (Wildman–Crippen LogP) is 3.67. The number of hydrogen-bond acceptors (Lipinski definition) is 2. The average Bonchev–Trinajstić information content (AvgIpc) is 2.18. The fourth-order valence-electron chi connectivity index (χ4n) is 1.57. The molecule has 0 spiro atoms. The molecule has 0 amide bonds. The van der Waals surface area contributed by atoms with E-state index in [4.69, 9.17) is 5.11 Å². The molecule has 0 bridgehead atoms. The summed E-state index contributed by atoms with van der Waals surface area (Å²) in [6, 6.07) is 6.01. The van der Waals surface area contributed by atoms with Crippen molar-refractivity contribution in [2.45, 2.75) is 27.2 Å². The quantitative estimate of drug-likeness (QED) is 0.872. The summed E-state index contributed by atoms with van der Waals surface area (Å²) in [4.78, 5) is 10.7. The van der Waals surface area contributed by atoms with Gasteiger partial charge in [-0.15, -0.1) is 0 Å². The number of aliphatic carboxylic acids is 1. The van der Waals surface area contributed by atoms with Crippen molar-refractivity contribution in [2.24, 2.45) is 5.41 Å². The van der Waals surface area contributed by atoms with Gasteiger partial charge < -0.3 is 10.4 Å². The highest BCUT2D eigenvalue weighted by Gasteiger charge is 2.21. The first-order valence-corrected chi connectivity index (χ1v) is 6.31. The van der Waals surface area contributed by atoms with E-state index in [1.54, 1.807) is 0 Å².